The van der Waals surface area contributed by atoms with Gasteiger partial charge in [0.05, 0.1) is 16.5 Å². The quantitative estimate of drug-likeness (QED) is 0.685. The number of primary amides is 1. The first kappa shape index (κ1) is 19.5. The fourth-order valence-electron chi connectivity index (χ4n) is 2.32. The van der Waals surface area contributed by atoms with Crippen molar-refractivity contribution in [3.05, 3.63) is 28.4 Å². The third-order valence-electron chi connectivity index (χ3n) is 3.98. The van der Waals surface area contributed by atoms with Crippen LogP contribution in [0.1, 0.15) is 48.4 Å². The fourth-order valence-corrected chi connectivity index (χ4v) is 4.14. The molecule has 2 amide bonds. The molecule has 0 radical (unpaired) electrons. The molecule has 2 aromatic rings. The number of carbonyl (C=O) groups is 2. The van der Waals surface area contributed by atoms with Crippen LogP contribution in [0.5, 0.6) is 0 Å². The van der Waals surface area contributed by atoms with Crippen LogP contribution < -0.4 is 11.1 Å². The lowest BCUT2D eigenvalue weighted by molar-refractivity contribution is -0.115. The van der Waals surface area contributed by atoms with Crippen molar-refractivity contribution in [3.8, 4) is 0 Å². The molecule has 1 atom stereocenters. The standard InChI is InChI=1S/C17H24N4O2S2/c1-5-6-8-21-11(3)10(2)19-17(21)25-12(4)15(23)20-16-13(14(18)22)7-9-24-16/h7,9,12H,5-6,8H2,1-4H3,(H2,18,22)(H,20,23)/t12-/m1/s1. The number of rotatable bonds is 8. The van der Waals surface area contributed by atoms with E-state index in [4.69, 9.17) is 5.73 Å². The predicted molar refractivity (Wildman–Crippen MR) is 103 cm³/mol. The van der Waals surface area contributed by atoms with Gasteiger partial charge in [-0.25, -0.2) is 4.98 Å². The zero-order valence-electron chi connectivity index (χ0n) is 15.0. The summed E-state index contributed by atoms with van der Waals surface area (Å²) in [5.41, 5.74) is 7.78. The minimum Gasteiger partial charge on any atom is -0.366 e. The number of hydrogen-bond donors (Lipinski definition) is 2. The highest BCUT2D eigenvalue weighted by atomic mass is 32.2. The number of aromatic nitrogens is 2. The fraction of sp³-hybridized carbons (Fsp3) is 0.471. The van der Waals surface area contributed by atoms with Gasteiger partial charge in [0.15, 0.2) is 5.16 Å². The SMILES string of the molecule is CCCCn1c(S[C@H](C)C(=O)Nc2sccc2C(N)=O)nc(C)c1C. The molecule has 0 fully saturated rings. The molecular weight excluding hydrogens is 356 g/mol. The van der Waals surface area contributed by atoms with Crippen molar-refractivity contribution < 1.29 is 9.59 Å². The molecule has 3 N–H and O–H groups in total. The summed E-state index contributed by atoms with van der Waals surface area (Å²) in [6.07, 6.45) is 2.17. The number of anilines is 1. The van der Waals surface area contributed by atoms with Crippen LogP contribution in [-0.4, -0.2) is 26.6 Å². The lowest BCUT2D eigenvalue weighted by Gasteiger charge is -2.13. The molecular formula is C17H24N4O2S2. The molecule has 136 valence electrons. The van der Waals surface area contributed by atoms with Crippen LogP contribution >= 0.6 is 23.1 Å². The largest absolute Gasteiger partial charge is 0.366 e. The van der Waals surface area contributed by atoms with E-state index in [1.165, 1.54) is 23.1 Å². The van der Waals surface area contributed by atoms with Gasteiger partial charge in [-0.05, 0) is 38.6 Å². The molecule has 0 saturated carbocycles. The van der Waals surface area contributed by atoms with E-state index in [-0.39, 0.29) is 11.2 Å². The molecule has 25 heavy (non-hydrogen) atoms. The second-order valence-electron chi connectivity index (χ2n) is 5.85. The van der Waals surface area contributed by atoms with Gasteiger partial charge in [0, 0.05) is 12.2 Å². The van der Waals surface area contributed by atoms with Gasteiger partial charge in [-0.3, -0.25) is 9.59 Å². The summed E-state index contributed by atoms with van der Waals surface area (Å²) in [6, 6.07) is 1.62. The maximum atomic E-state index is 12.5. The van der Waals surface area contributed by atoms with E-state index in [1.54, 1.807) is 11.4 Å². The Morgan fingerprint density at radius 2 is 2.16 bits per heavy atom. The maximum Gasteiger partial charge on any atom is 0.251 e. The van der Waals surface area contributed by atoms with E-state index in [2.05, 4.69) is 28.7 Å². The average molecular weight is 381 g/mol. The van der Waals surface area contributed by atoms with Crippen LogP contribution in [-0.2, 0) is 11.3 Å². The van der Waals surface area contributed by atoms with Gasteiger partial charge >= 0.3 is 0 Å². The van der Waals surface area contributed by atoms with Crippen molar-refractivity contribution in [2.75, 3.05) is 5.32 Å². The van der Waals surface area contributed by atoms with Crippen molar-refractivity contribution in [2.45, 2.75) is 57.5 Å². The molecule has 6 nitrogen and oxygen atoms in total. The average Bonchev–Trinajstić information content (AvgIpc) is 3.11. The van der Waals surface area contributed by atoms with Crippen LogP contribution in [0.25, 0.3) is 0 Å². The van der Waals surface area contributed by atoms with Crippen LogP contribution in [0.15, 0.2) is 16.6 Å². The molecule has 0 saturated heterocycles. The highest BCUT2D eigenvalue weighted by Gasteiger charge is 2.21. The molecule has 2 heterocycles. The van der Waals surface area contributed by atoms with Gasteiger partial charge < -0.3 is 15.6 Å². The second kappa shape index (κ2) is 8.53. The minimum atomic E-state index is -0.543. The second-order valence-corrected chi connectivity index (χ2v) is 8.07. The molecule has 0 aromatic carbocycles. The normalized spacial score (nSPS) is 12.2. The molecule has 0 spiro atoms. The lowest BCUT2D eigenvalue weighted by Crippen LogP contribution is -2.24. The Kier molecular flexibility index (Phi) is 6.66. The van der Waals surface area contributed by atoms with Crippen LogP contribution in [0.3, 0.4) is 0 Å². The van der Waals surface area contributed by atoms with Gasteiger partial charge in [-0.15, -0.1) is 11.3 Å². The van der Waals surface area contributed by atoms with Gasteiger partial charge in [-0.2, -0.15) is 0 Å². The number of thiophene rings is 1. The first-order chi connectivity index (χ1) is 11.8. The number of unbranched alkanes of at least 4 members (excludes halogenated alkanes) is 1. The number of nitrogens with one attached hydrogen (secondary N) is 1. The van der Waals surface area contributed by atoms with Gasteiger partial charge in [0.1, 0.15) is 5.00 Å². The topological polar surface area (TPSA) is 90.0 Å². The van der Waals surface area contributed by atoms with Gasteiger partial charge in [0.2, 0.25) is 5.91 Å². The molecule has 8 heteroatoms. The Balaban J connectivity index is 2.10. The first-order valence-corrected chi connectivity index (χ1v) is 9.99. The number of thioether (sulfide) groups is 1. The molecule has 0 aliphatic rings. The van der Waals surface area contributed by atoms with Crippen molar-refractivity contribution in [1.29, 1.82) is 0 Å². The summed E-state index contributed by atoms with van der Waals surface area (Å²) in [5, 5.41) is 5.53. The summed E-state index contributed by atoms with van der Waals surface area (Å²) >= 11 is 2.72. The van der Waals surface area contributed by atoms with Crippen molar-refractivity contribution >= 4 is 39.9 Å². The number of amides is 2. The highest BCUT2D eigenvalue weighted by molar-refractivity contribution is 8.00. The number of hydrogen-bond acceptors (Lipinski definition) is 5. The van der Waals surface area contributed by atoms with Crippen LogP contribution in [0.4, 0.5) is 5.00 Å². The number of imidazole rings is 1. The Morgan fingerprint density at radius 3 is 2.80 bits per heavy atom. The zero-order chi connectivity index (χ0) is 18.6. The molecule has 0 bridgehead atoms. The van der Waals surface area contributed by atoms with Gasteiger partial charge in [0.25, 0.3) is 5.91 Å². The van der Waals surface area contributed by atoms with E-state index in [0.717, 1.165) is 35.9 Å². The molecule has 2 rings (SSSR count). The molecule has 0 aliphatic carbocycles. The third kappa shape index (κ3) is 4.64. The molecule has 2 aromatic heterocycles. The first-order valence-electron chi connectivity index (χ1n) is 8.23. The smallest absolute Gasteiger partial charge is 0.251 e. The summed E-state index contributed by atoms with van der Waals surface area (Å²) in [7, 11) is 0. The lowest BCUT2D eigenvalue weighted by atomic mass is 10.3. The zero-order valence-corrected chi connectivity index (χ0v) is 16.6. The van der Waals surface area contributed by atoms with Crippen LogP contribution in [0, 0.1) is 13.8 Å². The highest BCUT2D eigenvalue weighted by Crippen LogP contribution is 2.28. The van der Waals surface area contributed by atoms with E-state index in [9.17, 15) is 9.59 Å². The van der Waals surface area contributed by atoms with E-state index >= 15 is 0 Å². The number of carbonyl (C=O) groups excluding carboxylic acids is 2. The van der Waals surface area contributed by atoms with Crippen LogP contribution in [0.2, 0.25) is 0 Å². The monoisotopic (exact) mass is 380 g/mol. The number of aryl methyl sites for hydroxylation is 1. The Labute approximate surface area is 156 Å². The predicted octanol–water partition coefficient (Wildman–Crippen LogP) is 3.58. The maximum absolute atomic E-state index is 12.5. The van der Waals surface area contributed by atoms with Gasteiger partial charge in [-0.1, -0.05) is 25.1 Å². The molecule has 0 unspecified atom stereocenters. The van der Waals surface area contributed by atoms with Crippen molar-refractivity contribution in [1.82, 2.24) is 9.55 Å². The van der Waals surface area contributed by atoms with Crippen molar-refractivity contribution in [3.63, 3.8) is 0 Å². The number of nitrogens with two attached hydrogens (primary N) is 1. The summed E-state index contributed by atoms with van der Waals surface area (Å²) in [4.78, 5) is 28.5. The molecule has 0 aliphatic heterocycles. The summed E-state index contributed by atoms with van der Waals surface area (Å²) < 4.78 is 2.17. The van der Waals surface area contributed by atoms with Crippen molar-refractivity contribution in [2.24, 2.45) is 5.73 Å². The Hall–Kier alpha value is -1.80. The third-order valence-corrected chi connectivity index (χ3v) is 5.90. The van der Waals surface area contributed by atoms with E-state index in [0.29, 0.717) is 10.6 Å². The minimum absolute atomic E-state index is 0.171. The van der Waals surface area contributed by atoms with E-state index in [1.807, 2.05) is 13.8 Å². The van der Waals surface area contributed by atoms with E-state index < -0.39 is 5.91 Å². The Bertz CT molecular complexity index is 767. The summed E-state index contributed by atoms with van der Waals surface area (Å²) in [5.74, 6) is -0.714. The summed E-state index contributed by atoms with van der Waals surface area (Å²) in [6.45, 7) is 8.92. The number of nitrogens with zero attached hydrogens (tertiary/aromatic N) is 2. The Morgan fingerprint density at radius 1 is 1.44 bits per heavy atom.